The predicted octanol–water partition coefficient (Wildman–Crippen LogP) is -1.35. The van der Waals surface area contributed by atoms with E-state index in [1.165, 1.54) is 31.2 Å². The number of hydrogen-bond acceptors (Lipinski definition) is 7. The van der Waals surface area contributed by atoms with E-state index in [1.54, 1.807) is 0 Å². The van der Waals surface area contributed by atoms with Gasteiger partial charge in [-0.25, -0.2) is 13.6 Å². The molecule has 1 aromatic carbocycles. The van der Waals surface area contributed by atoms with Crippen LogP contribution >= 0.6 is 0 Å². The largest absolute Gasteiger partial charge is 0.369 e. The molecule has 1 aromatic rings. The van der Waals surface area contributed by atoms with Crippen LogP contribution in [0.1, 0.15) is 6.92 Å². The number of sulfonamides is 1. The first kappa shape index (κ1) is 19.7. The topological polar surface area (TPSA) is 238 Å². The van der Waals surface area contributed by atoms with Crippen LogP contribution in [0.4, 0.5) is 5.69 Å². The Balaban J connectivity index is 3.15. The summed E-state index contributed by atoms with van der Waals surface area (Å²) in [6.07, 6.45) is 0. The molecule has 0 fully saturated rings. The highest BCUT2D eigenvalue weighted by Gasteiger charge is 2.07. The van der Waals surface area contributed by atoms with E-state index in [-0.39, 0.29) is 28.4 Å². The third-order valence-electron chi connectivity index (χ3n) is 2.32. The fraction of sp³-hybridized carbons (Fsp3) is 0.0909. The first-order valence-electron chi connectivity index (χ1n) is 6.44. The first-order valence-corrected chi connectivity index (χ1v) is 7.99. The van der Waals surface area contributed by atoms with Gasteiger partial charge < -0.3 is 22.9 Å². The molecule has 0 aliphatic carbocycles. The summed E-state index contributed by atoms with van der Waals surface area (Å²) in [5.41, 5.74) is 21.2. The first-order chi connectivity index (χ1) is 11.6. The Morgan fingerprint density at radius 2 is 1.40 bits per heavy atom. The van der Waals surface area contributed by atoms with Gasteiger partial charge in [-0.15, -0.1) is 30.6 Å². The van der Waals surface area contributed by atoms with Crippen molar-refractivity contribution < 1.29 is 8.42 Å². The van der Waals surface area contributed by atoms with E-state index < -0.39 is 10.0 Å². The summed E-state index contributed by atoms with van der Waals surface area (Å²) in [5.74, 6) is -0.648. The lowest BCUT2D eigenvalue weighted by atomic mass is 10.3. The third kappa shape index (κ3) is 7.14. The molecule has 0 aliphatic heterocycles. The second-order valence-electron chi connectivity index (χ2n) is 4.40. The van der Waals surface area contributed by atoms with Crippen LogP contribution in [0.25, 0.3) is 0 Å². The highest BCUT2D eigenvalue weighted by atomic mass is 32.2. The summed E-state index contributed by atoms with van der Waals surface area (Å²) in [7, 11) is -3.80. The fourth-order valence-electron chi connectivity index (χ4n) is 1.25. The average Bonchev–Trinajstić information content (AvgIpc) is 2.52. The summed E-state index contributed by atoms with van der Waals surface area (Å²) in [4.78, 5) is -0.0636. The maximum Gasteiger partial charge on any atom is 0.238 e. The van der Waals surface area contributed by atoms with E-state index in [0.717, 1.165) is 0 Å². The van der Waals surface area contributed by atoms with Gasteiger partial charge in [0.05, 0.1) is 10.6 Å². The van der Waals surface area contributed by atoms with Crippen molar-refractivity contribution in [3.8, 4) is 0 Å². The van der Waals surface area contributed by atoms with Crippen LogP contribution in [0, 0.1) is 0 Å². The molecule has 0 aromatic heterocycles. The number of benzene rings is 1. The van der Waals surface area contributed by atoms with Gasteiger partial charge in [-0.1, -0.05) is 0 Å². The summed E-state index contributed by atoms with van der Waals surface area (Å²) in [6, 6.07) is 5.33. The molecular weight excluding hydrogens is 350 g/mol. The van der Waals surface area contributed by atoms with E-state index in [2.05, 4.69) is 30.6 Å². The van der Waals surface area contributed by atoms with E-state index in [1.807, 2.05) is 0 Å². The number of nitrogens with zero attached hydrogens (tertiary/aromatic N) is 6. The molecule has 0 radical (unpaired) electrons. The van der Waals surface area contributed by atoms with E-state index in [9.17, 15) is 8.42 Å². The van der Waals surface area contributed by atoms with Gasteiger partial charge in [0.2, 0.25) is 27.8 Å². The molecule has 134 valence electrons. The van der Waals surface area contributed by atoms with Crippen molar-refractivity contribution in [2.45, 2.75) is 11.8 Å². The standard InChI is InChI=1S/C11H17N11O2S/c1-6(17-21-10(12)13)9(20-22-11(14)15)19-18-7-2-4-8(5-3-7)25(16,23)24/h2-5H,1H3,(H4,12,13,21)(H4,14,15,22)(H2,16,23,24)/b17-6-,19-18?,20-9-. The molecule has 14 heteroatoms. The van der Waals surface area contributed by atoms with Crippen LogP contribution in [0.15, 0.2) is 59.8 Å². The normalized spacial score (nSPS) is 12.9. The van der Waals surface area contributed by atoms with Crippen molar-refractivity contribution >= 4 is 39.2 Å². The number of nitrogens with two attached hydrogens (primary N) is 5. The van der Waals surface area contributed by atoms with Crippen LogP contribution < -0.4 is 28.1 Å². The zero-order valence-corrected chi connectivity index (χ0v) is 13.9. The Morgan fingerprint density at radius 3 is 1.88 bits per heavy atom. The Kier molecular flexibility index (Phi) is 6.65. The quantitative estimate of drug-likeness (QED) is 0.182. The second kappa shape index (κ2) is 8.46. The predicted molar refractivity (Wildman–Crippen MR) is 94.5 cm³/mol. The lowest BCUT2D eigenvalue weighted by Crippen LogP contribution is -2.23. The molecular formula is C11H17N11O2S. The molecule has 25 heavy (non-hydrogen) atoms. The number of primary sulfonamides is 1. The van der Waals surface area contributed by atoms with Crippen molar-refractivity contribution in [2.24, 2.45) is 58.7 Å². The van der Waals surface area contributed by atoms with Gasteiger partial charge in [0.15, 0.2) is 0 Å². The molecule has 1 rings (SSSR count). The number of guanidine groups is 2. The van der Waals surface area contributed by atoms with Gasteiger partial charge >= 0.3 is 0 Å². The van der Waals surface area contributed by atoms with Gasteiger partial charge in [0.25, 0.3) is 0 Å². The average molecular weight is 367 g/mol. The van der Waals surface area contributed by atoms with Crippen LogP contribution in [0.2, 0.25) is 0 Å². The zero-order valence-electron chi connectivity index (χ0n) is 13.1. The van der Waals surface area contributed by atoms with Crippen LogP contribution in [-0.2, 0) is 10.0 Å². The van der Waals surface area contributed by atoms with E-state index >= 15 is 0 Å². The van der Waals surface area contributed by atoms with Crippen molar-refractivity contribution in [1.29, 1.82) is 0 Å². The lowest BCUT2D eigenvalue weighted by molar-refractivity contribution is 0.598. The van der Waals surface area contributed by atoms with E-state index in [4.69, 9.17) is 28.1 Å². The van der Waals surface area contributed by atoms with Crippen LogP contribution in [0.3, 0.4) is 0 Å². The number of azo groups is 1. The van der Waals surface area contributed by atoms with Crippen LogP contribution in [-0.4, -0.2) is 31.9 Å². The van der Waals surface area contributed by atoms with E-state index in [0.29, 0.717) is 5.69 Å². The van der Waals surface area contributed by atoms with Gasteiger partial charge in [-0.3, -0.25) is 0 Å². The molecule has 0 atom stereocenters. The van der Waals surface area contributed by atoms with Crippen molar-refractivity contribution in [1.82, 2.24) is 0 Å². The molecule has 0 saturated heterocycles. The molecule has 0 unspecified atom stereocenters. The van der Waals surface area contributed by atoms with Gasteiger partial charge in [0.1, 0.15) is 5.71 Å². The van der Waals surface area contributed by atoms with Gasteiger partial charge in [-0.05, 0) is 31.2 Å². The minimum Gasteiger partial charge on any atom is -0.369 e. The summed E-state index contributed by atoms with van der Waals surface area (Å²) >= 11 is 0. The summed E-state index contributed by atoms with van der Waals surface area (Å²) in [5, 5.41) is 27.0. The molecule has 0 bridgehead atoms. The molecule has 0 saturated carbocycles. The number of hydrogen-bond donors (Lipinski definition) is 5. The molecule has 10 N–H and O–H groups in total. The van der Waals surface area contributed by atoms with Crippen LogP contribution in [0.5, 0.6) is 0 Å². The minimum absolute atomic E-state index is 0.0636. The second-order valence-corrected chi connectivity index (χ2v) is 5.96. The Bertz CT molecular complexity index is 858. The van der Waals surface area contributed by atoms with Gasteiger partial charge in [0, 0.05) is 0 Å². The number of amidine groups is 1. The summed E-state index contributed by atoms with van der Waals surface area (Å²) in [6.45, 7) is 1.50. The fourth-order valence-corrected chi connectivity index (χ4v) is 1.77. The Morgan fingerprint density at radius 1 is 0.880 bits per heavy atom. The smallest absolute Gasteiger partial charge is 0.238 e. The highest BCUT2D eigenvalue weighted by molar-refractivity contribution is 7.89. The van der Waals surface area contributed by atoms with Crippen molar-refractivity contribution in [2.75, 3.05) is 0 Å². The van der Waals surface area contributed by atoms with Crippen molar-refractivity contribution in [3.05, 3.63) is 24.3 Å². The van der Waals surface area contributed by atoms with Crippen molar-refractivity contribution in [3.63, 3.8) is 0 Å². The van der Waals surface area contributed by atoms with Gasteiger partial charge in [-0.2, -0.15) is 0 Å². The maximum absolute atomic E-state index is 11.2. The molecule has 0 aliphatic rings. The zero-order chi connectivity index (χ0) is 19.0. The molecule has 0 heterocycles. The molecule has 13 nitrogen and oxygen atoms in total. The number of rotatable bonds is 5. The Labute approximate surface area is 143 Å². The monoisotopic (exact) mass is 367 g/mol. The Hall–Kier alpha value is -3.39. The minimum atomic E-state index is -3.80. The molecule has 0 amide bonds. The summed E-state index contributed by atoms with van der Waals surface area (Å²) < 4.78 is 22.4. The lowest BCUT2D eigenvalue weighted by Gasteiger charge is -1.99. The maximum atomic E-state index is 11.2. The third-order valence-corrected chi connectivity index (χ3v) is 3.25. The molecule has 0 spiro atoms. The SMILES string of the molecule is CC(=N/N=C(N)N)/C(N=Nc1ccc(S(N)(=O)=O)cc1)=N/N=C(N)N. The highest BCUT2D eigenvalue weighted by Crippen LogP contribution is 2.16.